The second kappa shape index (κ2) is 5.65. The van der Waals surface area contributed by atoms with Crippen LogP contribution in [0.4, 0.5) is 0 Å². The molecule has 4 aliphatic heterocycles. The molecule has 4 heterocycles. The van der Waals surface area contributed by atoms with Crippen LogP contribution < -0.4 is 0 Å². The second-order valence-electron chi connectivity index (χ2n) is 6.31. The second-order valence-corrected chi connectivity index (χ2v) is 6.31. The minimum Gasteiger partial charge on any atom is -0.411 e. The highest BCUT2D eigenvalue weighted by Crippen LogP contribution is 2.31. The van der Waals surface area contributed by atoms with E-state index in [-0.39, 0.29) is 6.17 Å². The largest absolute Gasteiger partial charge is 0.411 e. The highest BCUT2D eigenvalue weighted by atomic mass is 16.5. The fourth-order valence-corrected chi connectivity index (χ4v) is 3.54. The van der Waals surface area contributed by atoms with Gasteiger partial charge in [-0.15, -0.1) is 0 Å². The summed E-state index contributed by atoms with van der Waals surface area (Å²) >= 11 is 0. The van der Waals surface area contributed by atoms with Crippen LogP contribution in [0.25, 0.3) is 0 Å². The Balaban J connectivity index is 1.52. The molecule has 7 heteroatoms. The zero-order chi connectivity index (χ0) is 14.9. The minimum atomic E-state index is -0.122. The average Bonchev–Trinajstić information content (AvgIpc) is 2.82. The lowest BCUT2D eigenvalue weighted by molar-refractivity contribution is -0.948. The summed E-state index contributed by atoms with van der Waals surface area (Å²) in [7, 11) is 1.92. The Morgan fingerprint density at radius 2 is 2.24 bits per heavy atom. The van der Waals surface area contributed by atoms with Gasteiger partial charge in [0, 0.05) is 38.2 Å². The normalized spacial score (nSPS) is 35.4. The van der Waals surface area contributed by atoms with Crippen molar-refractivity contribution in [2.24, 2.45) is 11.1 Å². The smallest absolute Gasteiger partial charge is 0.190 e. The maximum Gasteiger partial charge on any atom is 0.190 e. The molecule has 7 nitrogen and oxygen atoms in total. The van der Waals surface area contributed by atoms with Crippen molar-refractivity contribution in [3.05, 3.63) is 12.4 Å². The Morgan fingerprint density at radius 1 is 1.48 bits per heavy atom. The molecule has 0 aromatic heterocycles. The van der Waals surface area contributed by atoms with Gasteiger partial charge < -0.3 is 19.7 Å². The van der Waals surface area contributed by atoms with Crippen LogP contribution in [0.15, 0.2) is 17.6 Å². The third-order valence-electron chi connectivity index (χ3n) is 4.91. The SMILES string of the molecule is CN1C=CN(COC[N+]23CCC(CC2)C(=O)C3)C1/C=N\O. The number of hydrogen-bond acceptors (Lipinski definition) is 6. The number of oxime groups is 1. The Hall–Kier alpha value is -1.60. The van der Waals surface area contributed by atoms with Crippen molar-refractivity contribution in [3.8, 4) is 0 Å². The molecule has 1 N–H and O–H groups in total. The van der Waals surface area contributed by atoms with E-state index in [0.717, 1.165) is 30.4 Å². The summed E-state index contributed by atoms with van der Waals surface area (Å²) < 4.78 is 6.65. The van der Waals surface area contributed by atoms with Gasteiger partial charge in [-0.2, -0.15) is 0 Å². The lowest BCUT2D eigenvalue weighted by Gasteiger charge is -2.47. The van der Waals surface area contributed by atoms with Crippen LogP contribution >= 0.6 is 0 Å². The number of hydrogen-bond donors (Lipinski definition) is 1. The Morgan fingerprint density at radius 3 is 2.90 bits per heavy atom. The Bertz CT molecular complexity index is 457. The third-order valence-corrected chi connectivity index (χ3v) is 4.91. The topological polar surface area (TPSA) is 65.4 Å². The van der Waals surface area contributed by atoms with Crippen LogP contribution in [0.2, 0.25) is 0 Å². The van der Waals surface area contributed by atoms with Crippen LogP contribution in [0.3, 0.4) is 0 Å². The monoisotopic (exact) mass is 295 g/mol. The van der Waals surface area contributed by atoms with E-state index in [1.165, 1.54) is 6.21 Å². The number of ketones is 1. The maximum absolute atomic E-state index is 11.9. The van der Waals surface area contributed by atoms with Gasteiger partial charge in [0.25, 0.3) is 0 Å². The molecule has 0 aromatic carbocycles. The first-order chi connectivity index (χ1) is 10.1. The molecule has 0 amide bonds. The minimum absolute atomic E-state index is 0.122. The highest BCUT2D eigenvalue weighted by molar-refractivity contribution is 5.83. The van der Waals surface area contributed by atoms with Crippen LogP contribution in [0.1, 0.15) is 12.8 Å². The predicted octanol–water partition coefficient (Wildman–Crippen LogP) is 0.232. The van der Waals surface area contributed by atoms with Crippen molar-refractivity contribution >= 4 is 12.0 Å². The fraction of sp³-hybridized carbons (Fsp3) is 0.714. The average molecular weight is 295 g/mol. The zero-order valence-electron chi connectivity index (χ0n) is 12.4. The van der Waals surface area contributed by atoms with Gasteiger partial charge in [-0.3, -0.25) is 9.28 Å². The number of quaternary nitrogens is 1. The Labute approximate surface area is 124 Å². The van der Waals surface area contributed by atoms with Gasteiger partial charge in [-0.1, -0.05) is 5.16 Å². The van der Waals surface area contributed by atoms with Gasteiger partial charge >= 0.3 is 0 Å². The first kappa shape index (κ1) is 14.3. The van der Waals surface area contributed by atoms with E-state index in [1.54, 1.807) is 0 Å². The summed E-state index contributed by atoms with van der Waals surface area (Å²) in [5, 5.41) is 11.8. The third kappa shape index (κ3) is 2.75. The lowest BCUT2D eigenvalue weighted by Crippen LogP contribution is -2.63. The van der Waals surface area contributed by atoms with Crippen molar-refractivity contribution in [2.45, 2.75) is 19.0 Å². The molecule has 0 saturated carbocycles. The zero-order valence-corrected chi connectivity index (χ0v) is 12.4. The van der Waals surface area contributed by atoms with Crippen molar-refractivity contribution < 1.29 is 19.2 Å². The number of rotatable bonds is 5. The van der Waals surface area contributed by atoms with Crippen LogP contribution in [0, 0.1) is 5.92 Å². The van der Waals surface area contributed by atoms with Gasteiger partial charge in [-0.05, 0) is 0 Å². The van der Waals surface area contributed by atoms with Crippen LogP contribution in [-0.2, 0) is 9.53 Å². The molecule has 116 valence electrons. The van der Waals surface area contributed by atoms with Gasteiger partial charge in [0.1, 0.15) is 19.4 Å². The first-order valence-electron chi connectivity index (χ1n) is 7.43. The molecule has 0 radical (unpaired) electrons. The fourth-order valence-electron chi connectivity index (χ4n) is 3.54. The van der Waals surface area contributed by atoms with Gasteiger partial charge in [0.2, 0.25) is 0 Å². The molecule has 0 aliphatic carbocycles. The summed E-state index contributed by atoms with van der Waals surface area (Å²) in [4.78, 5) is 15.8. The quantitative estimate of drug-likeness (QED) is 0.340. The number of ether oxygens (including phenoxy) is 1. The van der Waals surface area contributed by atoms with E-state index in [4.69, 9.17) is 9.94 Å². The predicted molar refractivity (Wildman–Crippen MR) is 76.2 cm³/mol. The summed E-state index contributed by atoms with van der Waals surface area (Å²) in [6.45, 7) is 3.73. The molecule has 0 spiro atoms. The standard InChI is InChI=1S/C14H22N4O3/c1-16-4-5-17(14(16)8-15-20)10-21-11-18-6-2-12(3-7-18)13(19)9-18/h4-5,8,12,14H,2-3,6-7,9-11H2,1H3/p+1/b15-8-. The van der Waals surface area contributed by atoms with Gasteiger partial charge in [0.15, 0.2) is 12.5 Å². The number of nitrogens with zero attached hydrogens (tertiary/aromatic N) is 4. The maximum atomic E-state index is 11.9. The molecule has 0 aromatic rings. The van der Waals surface area contributed by atoms with Crippen molar-refractivity contribution in [3.63, 3.8) is 0 Å². The van der Waals surface area contributed by atoms with Crippen molar-refractivity contribution in [1.82, 2.24) is 9.80 Å². The van der Waals surface area contributed by atoms with E-state index in [0.29, 0.717) is 31.7 Å². The van der Waals surface area contributed by atoms with Crippen LogP contribution in [-0.4, -0.2) is 77.8 Å². The number of Topliss-reactive ketones (excluding diaryl/α,β-unsaturated/α-hetero) is 1. The molecule has 1 unspecified atom stereocenters. The number of fused-ring (bicyclic) bond motifs is 3. The molecule has 3 fully saturated rings. The lowest BCUT2D eigenvalue weighted by atomic mass is 9.85. The van der Waals surface area contributed by atoms with Crippen molar-refractivity contribution in [1.29, 1.82) is 0 Å². The number of carbonyl (C=O) groups excluding carboxylic acids is 1. The number of piperidine rings is 3. The molecule has 2 bridgehead atoms. The summed E-state index contributed by atoms with van der Waals surface area (Å²) in [6, 6.07) is 0. The molecule has 4 rings (SSSR count). The summed E-state index contributed by atoms with van der Waals surface area (Å²) in [5.41, 5.74) is 0. The molecular weight excluding hydrogens is 272 g/mol. The van der Waals surface area contributed by atoms with Crippen LogP contribution in [0.5, 0.6) is 0 Å². The molecular formula is C14H23N4O3+. The molecule has 1 atom stereocenters. The summed E-state index contributed by atoms with van der Waals surface area (Å²) in [6.07, 6.45) is 7.19. The van der Waals surface area contributed by atoms with E-state index in [9.17, 15) is 4.79 Å². The molecule has 4 aliphatic rings. The molecule has 3 saturated heterocycles. The Kier molecular flexibility index (Phi) is 3.86. The van der Waals surface area contributed by atoms with E-state index >= 15 is 0 Å². The summed E-state index contributed by atoms with van der Waals surface area (Å²) in [5.74, 6) is 0.715. The van der Waals surface area contributed by atoms with Gasteiger partial charge in [-0.25, -0.2) is 0 Å². The molecule has 21 heavy (non-hydrogen) atoms. The van der Waals surface area contributed by atoms with Gasteiger partial charge in [0.05, 0.1) is 19.3 Å². The van der Waals surface area contributed by atoms with E-state index in [2.05, 4.69) is 5.16 Å². The number of carbonyl (C=O) groups is 1. The highest BCUT2D eigenvalue weighted by Gasteiger charge is 2.45. The van der Waals surface area contributed by atoms with E-state index < -0.39 is 0 Å². The first-order valence-corrected chi connectivity index (χ1v) is 7.43. The van der Waals surface area contributed by atoms with Crippen molar-refractivity contribution in [2.75, 3.05) is 40.1 Å². The van der Waals surface area contributed by atoms with E-state index in [1.807, 2.05) is 29.2 Å².